The summed E-state index contributed by atoms with van der Waals surface area (Å²) in [4.78, 5) is 12.6. The molecule has 0 spiro atoms. The monoisotopic (exact) mass is 226 g/mol. The van der Waals surface area contributed by atoms with Crippen molar-refractivity contribution >= 4 is 17.2 Å². The van der Waals surface area contributed by atoms with Gasteiger partial charge in [0.15, 0.2) is 0 Å². The zero-order valence-corrected chi connectivity index (χ0v) is 10.2. The highest BCUT2D eigenvalue weighted by molar-refractivity contribution is 7.10. The molecule has 0 aromatic carbocycles. The minimum Gasteiger partial charge on any atom is -0.353 e. The minimum absolute atomic E-state index is 0.0495. The van der Waals surface area contributed by atoms with Crippen molar-refractivity contribution in [3.8, 4) is 0 Å². The van der Waals surface area contributed by atoms with E-state index in [1.54, 1.807) is 11.3 Å². The summed E-state index contributed by atoms with van der Waals surface area (Å²) in [6.07, 6.45) is 0. The summed E-state index contributed by atoms with van der Waals surface area (Å²) < 4.78 is 0. The van der Waals surface area contributed by atoms with Gasteiger partial charge in [0, 0.05) is 17.0 Å². The number of amides is 1. The highest BCUT2D eigenvalue weighted by Crippen LogP contribution is 2.17. The second kappa shape index (κ2) is 5.88. The molecule has 15 heavy (non-hydrogen) atoms. The molecule has 0 saturated carbocycles. The van der Waals surface area contributed by atoms with Crippen molar-refractivity contribution in [2.45, 2.75) is 32.9 Å². The Kier molecular flexibility index (Phi) is 4.78. The first kappa shape index (κ1) is 12.2. The van der Waals surface area contributed by atoms with Gasteiger partial charge in [0.2, 0.25) is 5.91 Å². The molecule has 1 aromatic heterocycles. The highest BCUT2D eigenvalue weighted by Gasteiger charge is 2.08. The molecule has 3 nitrogen and oxygen atoms in total. The van der Waals surface area contributed by atoms with Crippen LogP contribution in [0.1, 0.15) is 31.7 Å². The molecule has 1 heterocycles. The van der Waals surface area contributed by atoms with Crippen LogP contribution in [0.4, 0.5) is 0 Å². The van der Waals surface area contributed by atoms with Crippen LogP contribution in [-0.2, 0) is 4.79 Å². The molecule has 0 saturated heterocycles. The first-order chi connectivity index (χ1) is 7.09. The van der Waals surface area contributed by atoms with E-state index < -0.39 is 0 Å². The summed E-state index contributed by atoms with van der Waals surface area (Å²) in [5, 5.41) is 8.08. The summed E-state index contributed by atoms with van der Waals surface area (Å²) in [6, 6.07) is 4.54. The third kappa shape index (κ3) is 4.44. The lowest BCUT2D eigenvalue weighted by Gasteiger charge is -2.13. The van der Waals surface area contributed by atoms with Crippen molar-refractivity contribution in [1.29, 1.82) is 0 Å². The van der Waals surface area contributed by atoms with E-state index in [1.807, 2.05) is 25.3 Å². The van der Waals surface area contributed by atoms with Gasteiger partial charge in [0.1, 0.15) is 0 Å². The molecule has 1 rings (SSSR count). The first-order valence-electron chi connectivity index (χ1n) is 5.15. The maximum absolute atomic E-state index is 11.4. The van der Waals surface area contributed by atoms with E-state index in [9.17, 15) is 4.79 Å². The number of carbonyl (C=O) groups is 1. The van der Waals surface area contributed by atoms with Gasteiger partial charge in [-0.3, -0.25) is 4.79 Å². The second-order valence-corrected chi connectivity index (χ2v) is 4.82. The highest BCUT2D eigenvalue weighted by atomic mass is 32.1. The molecule has 0 fully saturated rings. The summed E-state index contributed by atoms with van der Waals surface area (Å²) in [6.45, 7) is 6.35. The van der Waals surface area contributed by atoms with Gasteiger partial charge in [0.05, 0.1) is 6.54 Å². The Bertz CT molecular complexity index is 296. The molecule has 0 aliphatic carbocycles. The molecular weight excluding hydrogens is 208 g/mol. The third-order valence-electron chi connectivity index (χ3n) is 1.99. The SMILES string of the molecule is CC(C)NC(=O)CN[C@H](C)c1cccs1. The van der Waals surface area contributed by atoms with Crippen molar-refractivity contribution in [3.63, 3.8) is 0 Å². The Labute approximate surface area is 94.9 Å². The molecule has 2 N–H and O–H groups in total. The smallest absolute Gasteiger partial charge is 0.234 e. The standard InChI is InChI=1S/C11H18N2OS/c1-8(2)13-11(14)7-12-9(3)10-5-4-6-15-10/h4-6,8-9,12H,7H2,1-3H3,(H,13,14)/t9-/m1/s1. The topological polar surface area (TPSA) is 41.1 Å². The van der Waals surface area contributed by atoms with E-state index >= 15 is 0 Å². The molecular formula is C11H18N2OS. The van der Waals surface area contributed by atoms with Crippen molar-refractivity contribution in [3.05, 3.63) is 22.4 Å². The van der Waals surface area contributed by atoms with E-state index in [2.05, 4.69) is 23.6 Å². The van der Waals surface area contributed by atoms with Crippen LogP contribution >= 0.6 is 11.3 Å². The lowest BCUT2D eigenvalue weighted by molar-refractivity contribution is -0.120. The molecule has 1 aromatic rings. The fourth-order valence-electron chi connectivity index (χ4n) is 1.26. The lowest BCUT2D eigenvalue weighted by atomic mass is 10.3. The predicted octanol–water partition coefficient (Wildman–Crippen LogP) is 1.92. The van der Waals surface area contributed by atoms with Gasteiger partial charge >= 0.3 is 0 Å². The summed E-state index contributed by atoms with van der Waals surface area (Å²) in [7, 11) is 0. The van der Waals surface area contributed by atoms with Gasteiger partial charge in [-0.25, -0.2) is 0 Å². The molecule has 0 unspecified atom stereocenters. The maximum Gasteiger partial charge on any atom is 0.234 e. The molecule has 4 heteroatoms. The Morgan fingerprint density at radius 3 is 2.73 bits per heavy atom. The Balaban J connectivity index is 2.28. The summed E-state index contributed by atoms with van der Waals surface area (Å²) >= 11 is 1.70. The Morgan fingerprint density at radius 2 is 2.20 bits per heavy atom. The Morgan fingerprint density at radius 1 is 1.47 bits per heavy atom. The average Bonchev–Trinajstić information content (AvgIpc) is 2.65. The molecule has 0 aliphatic heterocycles. The fraction of sp³-hybridized carbons (Fsp3) is 0.545. The number of rotatable bonds is 5. The Hall–Kier alpha value is -0.870. The summed E-state index contributed by atoms with van der Waals surface area (Å²) in [5.41, 5.74) is 0. The van der Waals surface area contributed by atoms with E-state index in [1.165, 1.54) is 4.88 Å². The van der Waals surface area contributed by atoms with Gasteiger partial charge in [-0.15, -0.1) is 11.3 Å². The molecule has 1 atom stereocenters. The number of nitrogens with one attached hydrogen (secondary N) is 2. The molecule has 84 valence electrons. The van der Waals surface area contributed by atoms with Crippen LogP contribution in [0, 0.1) is 0 Å². The van der Waals surface area contributed by atoms with Crippen molar-refractivity contribution in [2.75, 3.05) is 6.54 Å². The number of carbonyl (C=O) groups excluding carboxylic acids is 1. The van der Waals surface area contributed by atoms with Crippen molar-refractivity contribution < 1.29 is 4.79 Å². The van der Waals surface area contributed by atoms with E-state index in [4.69, 9.17) is 0 Å². The maximum atomic E-state index is 11.4. The van der Waals surface area contributed by atoms with Gasteiger partial charge < -0.3 is 10.6 Å². The minimum atomic E-state index is 0.0495. The second-order valence-electron chi connectivity index (χ2n) is 3.84. The zero-order chi connectivity index (χ0) is 11.3. The normalized spacial score (nSPS) is 12.8. The largest absolute Gasteiger partial charge is 0.353 e. The number of hydrogen-bond donors (Lipinski definition) is 2. The van der Waals surface area contributed by atoms with Crippen LogP contribution in [0.5, 0.6) is 0 Å². The van der Waals surface area contributed by atoms with Crippen molar-refractivity contribution in [2.24, 2.45) is 0 Å². The van der Waals surface area contributed by atoms with Crippen LogP contribution in [0.2, 0.25) is 0 Å². The van der Waals surface area contributed by atoms with Crippen LogP contribution < -0.4 is 10.6 Å². The van der Waals surface area contributed by atoms with Gasteiger partial charge in [-0.1, -0.05) is 6.07 Å². The fourth-order valence-corrected chi connectivity index (χ4v) is 2.02. The molecule has 0 aliphatic rings. The van der Waals surface area contributed by atoms with Crippen LogP contribution in [0.25, 0.3) is 0 Å². The number of hydrogen-bond acceptors (Lipinski definition) is 3. The zero-order valence-electron chi connectivity index (χ0n) is 9.41. The van der Waals surface area contributed by atoms with Crippen molar-refractivity contribution in [1.82, 2.24) is 10.6 Å². The average molecular weight is 226 g/mol. The van der Waals surface area contributed by atoms with E-state index in [0.29, 0.717) is 6.54 Å². The van der Waals surface area contributed by atoms with Gasteiger partial charge in [-0.05, 0) is 32.2 Å². The first-order valence-corrected chi connectivity index (χ1v) is 6.03. The number of thiophene rings is 1. The molecule has 0 radical (unpaired) electrons. The summed E-state index contributed by atoms with van der Waals surface area (Å²) in [5.74, 6) is 0.0495. The molecule has 0 bridgehead atoms. The molecule has 1 amide bonds. The third-order valence-corrected chi connectivity index (χ3v) is 3.04. The van der Waals surface area contributed by atoms with Crippen LogP contribution in [-0.4, -0.2) is 18.5 Å². The van der Waals surface area contributed by atoms with E-state index in [-0.39, 0.29) is 18.0 Å². The quantitative estimate of drug-likeness (QED) is 0.805. The van der Waals surface area contributed by atoms with Gasteiger partial charge in [0.25, 0.3) is 0 Å². The van der Waals surface area contributed by atoms with Crippen LogP contribution in [0.15, 0.2) is 17.5 Å². The lowest BCUT2D eigenvalue weighted by Crippen LogP contribution is -2.38. The predicted molar refractivity (Wildman–Crippen MR) is 64.0 cm³/mol. The van der Waals surface area contributed by atoms with E-state index in [0.717, 1.165) is 0 Å². The van der Waals surface area contributed by atoms with Crippen LogP contribution in [0.3, 0.4) is 0 Å². The van der Waals surface area contributed by atoms with Gasteiger partial charge in [-0.2, -0.15) is 0 Å².